The van der Waals surface area contributed by atoms with Crippen molar-refractivity contribution in [2.45, 2.75) is 20.3 Å². The predicted octanol–water partition coefficient (Wildman–Crippen LogP) is -0.173. The Morgan fingerprint density at radius 1 is 1.41 bits per heavy atom. The maximum absolute atomic E-state index is 12.1. The molecule has 1 rings (SSSR count). The highest BCUT2D eigenvalue weighted by atomic mass is 16.2. The molecule has 2 unspecified atom stereocenters. The van der Waals surface area contributed by atoms with E-state index in [1.54, 1.807) is 7.05 Å². The van der Waals surface area contributed by atoms with Crippen LogP contribution in [-0.2, 0) is 9.59 Å². The van der Waals surface area contributed by atoms with Crippen molar-refractivity contribution in [3.63, 3.8) is 0 Å². The maximum atomic E-state index is 12.1. The quantitative estimate of drug-likeness (QED) is 0.702. The van der Waals surface area contributed by atoms with E-state index in [1.807, 2.05) is 6.92 Å². The molecular formula is C12H23N3O2. The number of nitrogens with one attached hydrogen (secondary N) is 2. The Morgan fingerprint density at radius 3 is 2.65 bits per heavy atom. The van der Waals surface area contributed by atoms with Gasteiger partial charge >= 0.3 is 0 Å². The van der Waals surface area contributed by atoms with Crippen LogP contribution in [0.3, 0.4) is 0 Å². The maximum Gasteiger partial charge on any atom is 0.239 e. The van der Waals surface area contributed by atoms with Crippen LogP contribution in [0, 0.1) is 11.8 Å². The number of carbonyl (C=O) groups excluding carboxylic acids is 2. The van der Waals surface area contributed by atoms with Crippen molar-refractivity contribution in [3.8, 4) is 0 Å². The normalized spacial score (nSPS) is 23.5. The summed E-state index contributed by atoms with van der Waals surface area (Å²) in [6, 6.07) is 0. The molecule has 0 saturated carbocycles. The first-order chi connectivity index (χ1) is 8.06. The van der Waals surface area contributed by atoms with Crippen molar-refractivity contribution in [2.75, 3.05) is 33.2 Å². The third kappa shape index (κ3) is 4.00. The van der Waals surface area contributed by atoms with E-state index in [-0.39, 0.29) is 24.3 Å². The first-order valence-corrected chi connectivity index (χ1v) is 6.28. The van der Waals surface area contributed by atoms with Gasteiger partial charge in [0.25, 0.3) is 0 Å². The summed E-state index contributed by atoms with van der Waals surface area (Å²) in [5.41, 5.74) is 0. The summed E-state index contributed by atoms with van der Waals surface area (Å²) in [6.07, 6.45) is 0.910. The number of hydrogen-bond acceptors (Lipinski definition) is 3. The SMILES string of the molecule is CCCNC(=O)CN(C)C(=O)C1CNCC1C. The summed E-state index contributed by atoms with van der Waals surface area (Å²) in [5.74, 6) is 0.345. The van der Waals surface area contributed by atoms with E-state index >= 15 is 0 Å². The van der Waals surface area contributed by atoms with E-state index in [4.69, 9.17) is 0 Å². The molecular weight excluding hydrogens is 218 g/mol. The number of carbonyl (C=O) groups is 2. The number of nitrogens with zero attached hydrogens (tertiary/aromatic N) is 1. The monoisotopic (exact) mass is 241 g/mol. The van der Waals surface area contributed by atoms with Gasteiger partial charge < -0.3 is 15.5 Å². The van der Waals surface area contributed by atoms with Crippen molar-refractivity contribution in [1.29, 1.82) is 0 Å². The van der Waals surface area contributed by atoms with E-state index in [0.29, 0.717) is 12.5 Å². The molecule has 0 spiro atoms. The number of amides is 2. The van der Waals surface area contributed by atoms with Gasteiger partial charge in [-0.3, -0.25) is 9.59 Å². The number of hydrogen-bond donors (Lipinski definition) is 2. The lowest BCUT2D eigenvalue weighted by Gasteiger charge is -2.22. The molecule has 0 aromatic heterocycles. The minimum absolute atomic E-state index is 0.0129. The van der Waals surface area contributed by atoms with E-state index in [0.717, 1.165) is 19.5 Å². The van der Waals surface area contributed by atoms with Gasteiger partial charge in [-0.05, 0) is 18.9 Å². The average molecular weight is 241 g/mol. The highest BCUT2D eigenvalue weighted by Gasteiger charge is 2.31. The lowest BCUT2D eigenvalue weighted by atomic mass is 9.97. The van der Waals surface area contributed by atoms with Crippen LogP contribution in [0.15, 0.2) is 0 Å². The van der Waals surface area contributed by atoms with Crippen LogP contribution < -0.4 is 10.6 Å². The second-order valence-electron chi connectivity index (χ2n) is 4.79. The van der Waals surface area contributed by atoms with Gasteiger partial charge in [0.15, 0.2) is 0 Å². The molecule has 5 nitrogen and oxygen atoms in total. The highest BCUT2D eigenvalue weighted by Crippen LogP contribution is 2.17. The molecule has 5 heteroatoms. The summed E-state index contributed by atoms with van der Waals surface area (Å²) in [6.45, 7) is 6.49. The Bertz CT molecular complexity index is 281. The van der Waals surface area contributed by atoms with Crippen molar-refractivity contribution < 1.29 is 9.59 Å². The molecule has 0 aromatic carbocycles. The molecule has 1 fully saturated rings. The lowest BCUT2D eigenvalue weighted by molar-refractivity contribution is -0.138. The van der Waals surface area contributed by atoms with Crippen LogP contribution in [0.1, 0.15) is 20.3 Å². The molecule has 2 amide bonds. The molecule has 0 radical (unpaired) electrons. The largest absolute Gasteiger partial charge is 0.355 e. The van der Waals surface area contributed by atoms with E-state index in [1.165, 1.54) is 4.90 Å². The van der Waals surface area contributed by atoms with E-state index in [9.17, 15) is 9.59 Å². The number of rotatable bonds is 5. The molecule has 0 aliphatic carbocycles. The Kier molecular flexibility index (Phi) is 5.41. The van der Waals surface area contributed by atoms with Crippen LogP contribution in [0.2, 0.25) is 0 Å². The van der Waals surface area contributed by atoms with Crippen LogP contribution in [0.4, 0.5) is 0 Å². The summed E-state index contributed by atoms with van der Waals surface area (Å²) in [7, 11) is 1.69. The number of likely N-dealkylation sites (N-methyl/N-ethyl adjacent to an activating group) is 1. The van der Waals surface area contributed by atoms with Crippen molar-refractivity contribution >= 4 is 11.8 Å². The third-order valence-electron chi connectivity index (χ3n) is 3.16. The molecule has 2 atom stereocenters. The minimum atomic E-state index is -0.0821. The van der Waals surface area contributed by atoms with E-state index in [2.05, 4.69) is 17.6 Å². The zero-order chi connectivity index (χ0) is 12.8. The topological polar surface area (TPSA) is 61.4 Å². The smallest absolute Gasteiger partial charge is 0.239 e. The van der Waals surface area contributed by atoms with Gasteiger partial charge in [0, 0.05) is 20.1 Å². The lowest BCUT2D eigenvalue weighted by Crippen LogP contribution is -2.42. The summed E-state index contributed by atoms with van der Waals surface area (Å²) >= 11 is 0. The zero-order valence-electron chi connectivity index (χ0n) is 11.0. The van der Waals surface area contributed by atoms with Gasteiger partial charge in [-0.25, -0.2) is 0 Å². The van der Waals surface area contributed by atoms with Crippen LogP contribution in [0.25, 0.3) is 0 Å². The van der Waals surface area contributed by atoms with Gasteiger partial charge in [0.1, 0.15) is 0 Å². The first kappa shape index (κ1) is 14.0. The van der Waals surface area contributed by atoms with Gasteiger partial charge in [0.05, 0.1) is 12.5 Å². The standard InChI is InChI=1S/C12H23N3O2/c1-4-5-14-11(16)8-15(3)12(17)10-7-13-6-9(10)2/h9-10,13H,4-8H2,1-3H3,(H,14,16). The predicted molar refractivity (Wildman–Crippen MR) is 66.5 cm³/mol. The fourth-order valence-corrected chi connectivity index (χ4v) is 2.04. The zero-order valence-corrected chi connectivity index (χ0v) is 11.0. The Balaban J connectivity index is 2.38. The molecule has 1 heterocycles. The molecule has 17 heavy (non-hydrogen) atoms. The second-order valence-corrected chi connectivity index (χ2v) is 4.79. The van der Waals surface area contributed by atoms with Crippen molar-refractivity contribution in [2.24, 2.45) is 11.8 Å². The summed E-state index contributed by atoms with van der Waals surface area (Å²) < 4.78 is 0. The molecule has 1 aliphatic rings. The molecule has 1 aliphatic heterocycles. The Hall–Kier alpha value is -1.10. The van der Waals surface area contributed by atoms with Gasteiger partial charge in [-0.15, -0.1) is 0 Å². The molecule has 2 N–H and O–H groups in total. The Labute approximate surface area is 103 Å². The molecule has 98 valence electrons. The molecule has 0 bridgehead atoms. The molecule has 0 aromatic rings. The minimum Gasteiger partial charge on any atom is -0.355 e. The van der Waals surface area contributed by atoms with Crippen molar-refractivity contribution in [1.82, 2.24) is 15.5 Å². The third-order valence-corrected chi connectivity index (χ3v) is 3.16. The second kappa shape index (κ2) is 6.59. The fraction of sp³-hybridized carbons (Fsp3) is 0.833. The van der Waals surface area contributed by atoms with Gasteiger partial charge in [-0.2, -0.15) is 0 Å². The highest BCUT2D eigenvalue weighted by molar-refractivity contribution is 5.86. The van der Waals surface area contributed by atoms with Gasteiger partial charge in [0.2, 0.25) is 11.8 Å². The summed E-state index contributed by atoms with van der Waals surface area (Å²) in [4.78, 5) is 25.1. The fourth-order valence-electron chi connectivity index (χ4n) is 2.04. The van der Waals surface area contributed by atoms with Crippen LogP contribution >= 0.6 is 0 Å². The van der Waals surface area contributed by atoms with Crippen molar-refractivity contribution in [3.05, 3.63) is 0 Å². The molecule has 1 saturated heterocycles. The van der Waals surface area contributed by atoms with Crippen LogP contribution in [0.5, 0.6) is 0 Å². The Morgan fingerprint density at radius 2 is 2.12 bits per heavy atom. The van der Waals surface area contributed by atoms with E-state index < -0.39 is 0 Å². The van der Waals surface area contributed by atoms with Gasteiger partial charge in [-0.1, -0.05) is 13.8 Å². The van der Waals surface area contributed by atoms with Crippen LogP contribution in [-0.4, -0.2) is 49.9 Å². The first-order valence-electron chi connectivity index (χ1n) is 6.28. The summed E-state index contributed by atoms with van der Waals surface area (Å²) in [5, 5.41) is 5.97. The average Bonchev–Trinajstić information content (AvgIpc) is 2.71.